The molecule has 0 radical (unpaired) electrons. The normalized spacial score (nSPS) is 14.4. The average Bonchev–Trinajstić information content (AvgIpc) is 3.61. The van der Waals surface area contributed by atoms with Crippen molar-refractivity contribution >= 4 is 60.8 Å². The van der Waals surface area contributed by atoms with Crippen LogP contribution in [-0.2, 0) is 0 Å². The number of amidine groups is 1. The predicted octanol–water partition coefficient (Wildman–Crippen LogP) is 7.25. The molecule has 0 atom stereocenters. The summed E-state index contributed by atoms with van der Waals surface area (Å²) in [6, 6.07) is 39.9. The van der Waals surface area contributed by atoms with E-state index in [1.54, 1.807) is 0 Å². The van der Waals surface area contributed by atoms with E-state index >= 15 is 0 Å². The molecule has 0 spiro atoms. The largest absolute Gasteiger partial charge is 0.316 e. The number of aromatic nitrogens is 2. The maximum Gasteiger partial charge on any atom is 0.240 e. The van der Waals surface area contributed by atoms with Gasteiger partial charge in [0.25, 0.3) is 0 Å². The molecule has 0 aliphatic carbocycles. The maximum atomic E-state index is 9.41. The number of benzene rings is 5. The van der Waals surface area contributed by atoms with E-state index in [4.69, 9.17) is 4.99 Å². The second-order valence-corrected chi connectivity index (χ2v) is 10.2. The minimum atomic E-state index is 0.184. The van der Waals surface area contributed by atoms with Crippen molar-refractivity contribution in [1.29, 1.82) is 5.41 Å². The first-order valence-corrected chi connectivity index (χ1v) is 13.7. The summed E-state index contributed by atoms with van der Waals surface area (Å²) in [6.45, 7) is 0. The van der Waals surface area contributed by atoms with Gasteiger partial charge in [0.05, 0.1) is 28.3 Å². The first kappa shape index (κ1) is 23.4. The number of rotatable bonds is 2. The molecule has 194 valence electrons. The van der Waals surface area contributed by atoms with E-state index < -0.39 is 0 Å². The van der Waals surface area contributed by atoms with Gasteiger partial charge in [0, 0.05) is 28.0 Å². The molecule has 0 saturated carbocycles. The van der Waals surface area contributed by atoms with Crippen LogP contribution in [0, 0.1) is 5.41 Å². The molecule has 5 aromatic carbocycles. The Bertz CT molecular complexity index is 2240. The van der Waals surface area contributed by atoms with Gasteiger partial charge in [-0.2, -0.15) is 4.99 Å². The van der Waals surface area contributed by atoms with Crippen LogP contribution in [0.1, 0.15) is 5.56 Å². The van der Waals surface area contributed by atoms with E-state index in [9.17, 15) is 5.41 Å². The number of nitrogens with two attached hydrogens (primary N) is 1. The van der Waals surface area contributed by atoms with E-state index in [2.05, 4.69) is 120 Å². The maximum absolute atomic E-state index is 9.41. The van der Waals surface area contributed by atoms with Gasteiger partial charge in [-0.3, -0.25) is 15.3 Å². The van der Waals surface area contributed by atoms with Crippen LogP contribution in [0.15, 0.2) is 145 Å². The number of nitrogens with one attached hydrogen (secondary N) is 1. The van der Waals surface area contributed by atoms with E-state index in [1.165, 1.54) is 10.8 Å². The molecule has 7 aromatic rings. The fourth-order valence-corrected chi connectivity index (χ4v) is 6.13. The highest BCUT2D eigenvalue weighted by molar-refractivity contribution is 6.26. The fourth-order valence-electron chi connectivity index (χ4n) is 6.13. The van der Waals surface area contributed by atoms with Gasteiger partial charge in [-0.1, -0.05) is 84.9 Å². The standard InChI is InChI=1S/C36H25N5/c37-36(39-35-30(17-9-22-38-35)27-16-8-11-24-10-4-5-14-26(24)27)41-33-18-7-6-15-28(33)29-19-20-32-31(34(29)41)21-23-40(32)25-12-2-1-3-13-25/h1-23H,(H2,37,38,39)/p+1. The van der Waals surface area contributed by atoms with Crippen molar-refractivity contribution in [2.75, 3.05) is 0 Å². The van der Waals surface area contributed by atoms with Crippen molar-refractivity contribution in [3.63, 3.8) is 0 Å². The van der Waals surface area contributed by atoms with Gasteiger partial charge >= 0.3 is 0 Å². The fraction of sp³-hybridized carbons (Fsp3) is 0. The zero-order chi connectivity index (χ0) is 27.3. The average molecular weight is 529 g/mol. The number of nitrogens with zero attached hydrogens (tertiary/aromatic N) is 3. The molecule has 0 unspecified atom stereocenters. The molecule has 8 rings (SSSR count). The Morgan fingerprint density at radius 2 is 1.44 bits per heavy atom. The van der Waals surface area contributed by atoms with E-state index in [0.717, 1.165) is 55.4 Å². The minimum absolute atomic E-state index is 0.184. The van der Waals surface area contributed by atoms with Crippen molar-refractivity contribution in [2.45, 2.75) is 0 Å². The number of aliphatic imine (C=N–C) groups is 1. The van der Waals surface area contributed by atoms with Gasteiger partial charge < -0.3 is 4.57 Å². The lowest BCUT2D eigenvalue weighted by Crippen LogP contribution is -2.83. The summed E-state index contributed by atoms with van der Waals surface area (Å²) in [4.78, 5) is 5.00. The third-order valence-electron chi connectivity index (χ3n) is 7.96. The van der Waals surface area contributed by atoms with Crippen molar-refractivity contribution in [2.24, 2.45) is 4.99 Å². The molecule has 0 bridgehead atoms. The second kappa shape index (κ2) is 9.30. The van der Waals surface area contributed by atoms with Crippen LogP contribution in [0.5, 0.6) is 0 Å². The number of para-hydroxylation sites is 2. The quantitative estimate of drug-likeness (QED) is 0.175. The summed E-state index contributed by atoms with van der Waals surface area (Å²) in [5, 5.41) is 17.1. The Morgan fingerprint density at radius 3 is 2.34 bits per heavy atom. The van der Waals surface area contributed by atoms with Crippen LogP contribution in [0.25, 0.3) is 54.7 Å². The van der Waals surface area contributed by atoms with Gasteiger partial charge in [-0.05, 0) is 58.8 Å². The summed E-state index contributed by atoms with van der Waals surface area (Å²) < 4.78 is 4.20. The van der Waals surface area contributed by atoms with E-state index in [1.807, 2.05) is 34.3 Å². The zero-order valence-electron chi connectivity index (χ0n) is 22.2. The molecule has 1 aliphatic heterocycles. The molecule has 3 heterocycles. The number of allylic oxidation sites excluding steroid dienone is 2. The molecule has 5 nitrogen and oxygen atoms in total. The van der Waals surface area contributed by atoms with Crippen LogP contribution >= 0.6 is 0 Å². The number of fused-ring (bicyclic) bond motifs is 6. The molecular formula is C36H26N5+. The Kier molecular flexibility index (Phi) is 5.30. The van der Waals surface area contributed by atoms with E-state index in [0.29, 0.717) is 0 Å². The molecule has 1 aliphatic rings. The first-order chi connectivity index (χ1) is 20.3. The third-order valence-corrected chi connectivity index (χ3v) is 7.96. The van der Waals surface area contributed by atoms with Crippen molar-refractivity contribution in [3.8, 4) is 5.69 Å². The lowest BCUT2D eigenvalue weighted by Gasteiger charge is -2.13. The van der Waals surface area contributed by atoms with Crippen LogP contribution in [-0.4, -0.2) is 20.9 Å². The number of quaternary nitrogens is 1. The summed E-state index contributed by atoms with van der Waals surface area (Å²) in [5.41, 5.74) is 6.29. The molecule has 0 amide bonds. The molecule has 3 N–H and O–H groups in total. The SMILES string of the molecule is N=C(/N=C1\[NH2+]C=CC=C1c1cccc2ccccc12)n1c2ccccc2c2ccc3c(ccn3-c3ccccc3)c21. The Labute approximate surface area is 236 Å². The van der Waals surface area contributed by atoms with Gasteiger partial charge in [0.1, 0.15) is 0 Å². The lowest BCUT2D eigenvalue weighted by molar-refractivity contribution is -0.459. The Balaban J connectivity index is 1.34. The predicted molar refractivity (Wildman–Crippen MR) is 170 cm³/mol. The summed E-state index contributed by atoms with van der Waals surface area (Å²) in [6.07, 6.45) is 8.23. The number of hydrogen-bond donors (Lipinski definition) is 2. The first-order valence-electron chi connectivity index (χ1n) is 13.7. The van der Waals surface area contributed by atoms with Crippen LogP contribution in [0.4, 0.5) is 0 Å². The summed E-state index contributed by atoms with van der Waals surface area (Å²) in [5.74, 6) is 0.956. The third kappa shape index (κ3) is 3.68. The number of hydrogen-bond acceptors (Lipinski definition) is 1. The van der Waals surface area contributed by atoms with Crippen LogP contribution in [0.3, 0.4) is 0 Å². The van der Waals surface area contributed by atoms with Gasteiger partial charge in [0.2, 0.25) is 11.8 Å². The molecule has 2 aromatic heterocycles. The van der Waals surface area contributed by atoms with Crippen molar-refractivity contribution < 1.29 is 5.32 Å². The Morgan fingerprint density at radius 1 is 0.659 bits per heavy atom. The highest BCUT2D eigenvalue weighted by Gasteiger charge is 2.22. The highest BCUT2D eigenvalue weighted by atomic mass is 15.2. The molecule has 5 heteroatoms. The zero-order valence-corrected chi connectivity index (χ0v) is 22.2. The van der Waals surface area contributed by atoms with Crippen LogP contribution < -0.4 is 5.32 Å². The highest BCUT2D eigenvalue weighted by Crippen LogP contribution is 2.36. The topological polar surface area (TPSA) is 62.7 Å². The Hall–Kier alpha value is -5.52. The molecule has 41 heavy (non-hydrogen) atoms. The smallest absolute Gasteiger partial charge is 0.240 e. The summed E-state index contributed by atoms with van der Waals surface area (Å²) >= 11 is 0. The monoisotopic (exact) mass is 528 g/mol. The van der Waals surface area contributed by atoms with Crippen molar-refractivity contribution in [1.82, 2.24) is 9.13 Å². The molecule has 0 fully saturated rings. The van der Waals surface area contributed by atoms with Gasteiger partial charge in [-0.15, -0.1) is 0 Å². The van der Waals surface area contributed by atoms with Gasteiger partial charge in [-0.25, -0.2) is 0 Å². The molecule has 0 saturated heterocycles. The molecular weight excluding hydrogens is 502 g/mol. The van der Waals surface area contributed by atoms with E-state index in [-0.39, 0.29) is 5.96 Å². The summed E-state index contributed by atoms with van der Waals surface area (Å²) in [7, 11) is 0. The van der Waals surface area contributed by atoms with Crippen LogP contribution in [0.2, 0.25) is 0 Å². The van der Waals surface area contributed by atoms with Gasteiger partial charge in [0.15, 0.2) is 0 Å². The minimum Gasteiger partial charge on any atom is -0.316 e. The second-order valence-electron chi connectivity index (χ2n) is 10.2. The van der Waals surface area contributed by atoms with Crippen molar-refractivity contribution in [3.05, 3.63) is 145 Å². The lowest BCUT2D eigenvalue weighted by atomic mass is 9.96.